The highest BCUT2D eigenvalue weighted by atomic mass is 19.1. The molecule has 3 atom stereocenters. The van der Waals surface area contributed by atoms with Gasteiger partial charge >= 0.3 is 0 Å². The summed E-state index contributed by atoms with van der Waals surface area (Å²) in [7, 11) is 0. The molecular formula is C30H34FN3O4. The normalized spacial score (nSPS) is 28.6. The van der Waals surface area contributed by atoms with E-state index in [9.17, 15) is 19.2 Å². The molecule has 3 heterocycles. The topological polar surface area (TPSA) is 86.8 Å². The highest BCUT2D eigenvalue weighted by Gasteiger charge is 2.39. The number of fused-ring (bicyclic) bond motifs is 2. The number of rotatable bonds is 4. The van der Waals surface area contributed by atoms with Crippen molar-refractivity contribution in [3.8, 4) is 0 Å². The van der Waals surface area contributed by atoms with Crippen LogP contribution >= 0.6 is 0 Å². The van der Waals surface area contributed by atoms with E-state index in [-0.39, 0.29) is 41.2 Å². The van der Waals surface area contributed by atoms with E-state index < -0.39 is 23.4 Å². The first-order chi connectivity index (χ1) is 18.3. The fraction of sp³-hybridized carbons (Fsp3) is 0.533. The van der Waals surface area contributed by atoms with Crippen LogP contribution in [0.3, 0.4) is 0 Å². The summed E-state index contributed by atoms with van der Waals surface area (Å²) in [5, 5.41) is 2.28. The van der Waals surface area contributed by atoms with E-state index in [0.717, 1.165) is 37.8 Å². The van der Waals surface area contributed by atoms with Gasteiger partial charge in [0.2, 0.25) is 11.8 Å². The van der Waals surface area contributed by atoms with Crippen LogP contribution in [0.25, 0.3) is 0 Å². The molecule has 1 aromatic rings. The number of piperidine rings is 2. The van der Waals surface area contributed by atoms with Gasteiger partial charge in [-0.05, 0) is 75.5 Å². The number of ketones is 2. The summed E-state index contributed by atoms with van der Waals surface area (Å²) in [6.07, 6.45) is 8.56. The molecule has 0 spiro atoms. The number of Topliss-reactive ketones (excluding diaryl/α,β-unsaturated/α-hetero) is 1. The van der Waals surface area contributed by atoms with Crippen LogP contribution in [0, 0.1) is 23.6 Å². The molecule has 0 saturated carbocycles. The summed E-state index contributed by atoms with van der Waals surface area (Å²) in [6.45, 7) is 5.95. The Balaban J connectivity index is 1.12. The summed E-state index contributed by atoms with van der Waals surface area (Å²) in [5.74, 6) is -1.07. The van der Waals surface area contributed by atoms with Crippen molar-refractivity contribution in [1.82, 2.24) is 10.2 Å². The van der Waals surface area contributed by atoms with Gasteiger partial charge < -0.3 is 4.90 Å². The Labute approximate surface area is 222 Å². The van der Waals surface area contributed by atoms with Crippen LogP contribution in [0.5, 0.6) is 0 Å². The molecule has 3 fully saturated rings. The molecule has 200 valence electrons. The van der Waals surface area contributed by atoms with Crippen LogP contribution < -0.4 is 10.2 Å². The number of hydrogen-bond donors (Lipinski definition) is 1. The number of nitrogens with zero attached hydrogens (tertiary/aromatic N) is 2. The van der Waals surface area contributed by atoms with Gasteiger partial charge in [-0.25, -0.2) is 4.39 Å². The lowest BCUT2D eigenvalue weighted by atomic mass is 9.82. The van der Waals surface area contributed by atoms with E-state index in [4.69, 9.17) is 0 Å². The average molecular weight is 520 g/mol. The molecule has 5 aliphatic rings. The second kappa shape index (κ2) is 9.88. The third-order valence-electron chi connectivity index (χ3n) is 9.29. The predicted octanol–water partition coefficient (Wildman–Crippen LogP) is 3.83. The van der Waals surface area contributed by atoms with Gasteiger partial charge in [0, 0.05) is 61.3 Å². The number of carbonyl (C=O) groups is 4. The maximum Gasteiger partial charge on any atom is 0.230 e. The molecule has 6 rings (SSSR count). The van der Waals surface area contributed by atoms with Gasteiger partial charge in [0.05, 0.1) is 5.69 Å². The Morgan fingerprint density at radius 3 is 2.53 bits per heavy atom. The fourth-order valence-corrected chi connectivity index (χ4v) is 7.11. The number of imide groups is 1. The van der Waals surface area contributed by atoms with Gasteiger partial charge in [-0.2, -0.15) is 0 Å². The zero-order chi connectivity index (χ0) is 26.6. The lowest BCUT2D eigenvalue weighted by Gasteiger charge is -2.38. The molecule has 3 saturated heterocycles. The minimum atomic E-state index is -0.553. The average Bonchev–Trinajstić information content (AvgIpc) is 3.32. The summed E-state index contributed by atoms with van der Waals surface area (Å²) in [5.41, 5.74) is 2.35. The molecule has 1 aromatic carbocycles. The van der Waals surface area contributed by atoms with Crippen molar-refractivity contribution in [2.75, 3.05) is 31.1 Å². The maximum absolute atomic E-state index is 15.3. The largest absolute Gasteiger partial charge is 0.369 e. The molecule has 3 unspecified atom stereocenters. The van der Waals surface area contributed by atoms with Gasteiger partial charge in [-0.15, -0.1) is 0 Å². The number of carbonyl (C=O) groups excluding carboxylic acids is 4. The molecule has 7 nitrogen and oxygen atoms in total. The van der Waals surface area contributed by atoms with E-state index >= 15 is 4.39 Å². The Morgan fingerprint density at radius 1 is 1.00 bits per heavy atom. The van der Waals surface area contributed by atoms with Crippen LogP contribution in [0.15, 0.2) is 35.4 Å². The third kappa shape index (κ3) is 4.64. The molecule has 2 amide bonds. The Bertz CT molecular complexity index is 1280. The molecule has 1 N–H and O–H groups in total. The molecule has 8 heteroatoms. The zero-order valence-electron chi connectivity index (χ0n) is 21.8. The second-order valence-corrected chi connectivity index (χ2v) is 11.7. The molecule has 0 aromatic heterocycles. The molecule has 2 aliphatic carbocycles. The van der Waals surface area contributed by atoms with E-state index in [0.29, 0.717) is 31.2 Å². The van der Waals surface area contributed by atoms with Gasteiger partial charge in [0.25, 0.3) is 0 Å². The van der Waals surface area contributed by atoms with Crippen LogP contribution in [0.4, 0.5) is 10.1 Å². The van der Waals surface area contributed by atoms with Crippen LogP contribution in [0.1, 0.15) is 72.6 Å². The second-order valence-electron chi connectivity index (χ2n) is 11.7. The number of hydrogen-bond acceptors (Lipinski definition) is 6. The molecule has 3 aliphatic heterocycles. The lowest BCUT2D eigenvalue weighted by molar-refractivity contribution is -0.136. The monoisotopic (exact) mass is 519 g/mol. The maximum atomic E-state index is 15.3. The van der Waals surface area contributed by atoms with Gasteiger partial charge in [-0.1, -0.05) is 11.6 Å². The predicted molar refractivity (Wildman–Crippen MR) is 140 cm³/mol. The Morgan fingerprint density at radius 2 is 1.76 bits per heavy atom. The highest BCUT2D eigenvalue weighted by molar-refractivity contribution is 6.25. The number of amides is 2. The molecular weight excluding hydrogens is 485 g/mol. The summed E-state index contributed by atoms with van der Waals surface area (Å²) in [4.78, 5) is 54.4. The zero-order valence-corrected chi connectivity index (χ0v) is 21.8. The first-order valence-corrected chi connectivity index (χ1v) is 13.9. The lowest BCUT2D eigenvalue weighted by Crippen LogP contribution is -2.44. The number of nitrogens with one attached hydrogen (secondary N) is 1. The highest BCUT2D eigenvalue weighted by Crippen LogP contribution is 2.39. The molecule has 0 bridgehead atoms. The standard InChI is InChI=1S/C30H34FN3O4/c1-17-2-3-19-15-34(16-21(19)10-17)22-6-8-33(9-7-22)26-14-23-24(13-25(26)31)29(37)20(12-27(23)35)11-18-4-5-28(36)32-30(18)38/h2,12-14,18-19,21-22H,3-11,15-16H2,1H3,(H,32,36,38). The van der Waals surface area contributed by atoms with Gasteiger partial charge in [-0.3, -0.25) is 29.4 Å². The summed E-state index contributed by atoms with van der Waals surface area (Å²) >= 11 is 0. The van der Waals surface area contributed by atoms with Crippen molar-refractivity contribution >= 4 is 29.1 Å². The number of anilines is 1. The van der Waals surface area contributed by atoms with Gasteiger partial charge in [0.1, 0.15) is 5.82 Å². The quantitative estimate of drug-likeness (QED) is 0.481. The van der Waals surface area contributed by atoms with Crippen LogP contribution in [-0.2, 0) is 9.59 Å². The number of likely N-dealkylation sites (tertiary alicyclic amines) is 1. The van der Waals surface area contributed by atoms with Crippen LogP contribution in [-0.4, -0.2) is 60.5 Å². The summed E-state index contributed by atoms with van der Waals surface area (Å²) < 4.78 is 15.3. The van der Waals surface area contributed by atoms with Crippen molar-refractivity contribution in [3.05, 3.63) is 52.4 Å². The van der Waals surface area contributed by atoms with Crippen molar-refractivity contribution in [1.29, 1.82) is 0 Å². The first-order valence-electron chi connectivity index (χ1n) is 13.9. The third-order valence-corrected chi connectivity index (χ3v) is 9.29. The number of benzene rings is 1. The smallest absolute Gasteiger partial charge is 0.230 e. The Hall–Kier alpha value is -3.13. The fourth-order valence-electron chi connectivity index (χ4n) is 7.11. The minimum absolute atomic E-state index is 0.0551. The van der Waals surface area contributed by atoms with Crippen molar-refractivity contribution in [2.24, 2.45) is 17.8 Å². The first kappa shape index (κ1) is 25.2. The van der Waals surface area contributed by atoms with E-state index in [1.54, 1.807) is 0 Å². The molecule has 0 radical (unpaired) electrons. The van der Waals surface area contributed by atoms with Crippen LogP contribution in [0.2, 0.25) is 0 Å². The number of allylic oxidation sites excluding steroid dienone is 4. The van der Waals surface area contributed by atoms with Gasteiger partial charge in [0.15, 0.2) is 11.6 Å². The van der Waals surface area contributed by atoms with Crippen molar-refractivity contribution in [2.45, 2.75) is 57.9 Å². The SMILES string of the molecule is CC1=CCC2CN(C3CCN(c4cc5c(cc4F)C(=O)C(CC4CCC(=O)NC4=O)=CC5=O)CC3)CC2C1. The van der Waals surface area contributed by atoms with E-state index in [1.165, 1.54) is 36.6 Å². The summed E-state index contributed by atoms with van der Waals surface area (Å²) in [6, 6.07) is 3.22. The van der Waals surface area contributed by atoms with E-state index in [2.05, 4.69) is 23.2 Å². The molecule has 38 heavy (non-hydrogen) atoms. The van der Waals surface area contributed by atoms with Crippen molar-refractivity contribution < 1.29 is 23.6 Å². The Kier molecular flexibility index (Phi) is 6.54. The minimum Gasteiger partial charge on any atom is -0.369 e. The van der Waals surface area contributed by atoms with Crippen molar-refractivity contribution in [3.63, 3.8) is 0 Å². The van der Waals surface area contributed by atoms with E-state index in [1.807, 2.05) is 4.90 Å². The number of halogens is 1.